The first-order valence-electron chi connectivity index (χ1n) is 9.00. The van der Waals surface area contributed by atoms with Crippen LogP contribution >= 0.6 is 11.3 Å². The Morgan fingerprint density at radius 3 is 2.82 bits per heavy atom. The summed E-state index contributed by atoms with van der Waals surface area (Å²) in [6, 6.07) is 9.88. The third kappa shape index (κ3) is 3.00. The number of ether oxygens (including phenoxy) is 1. The number of rotatable bonds is 4. The van der Waals surface area contributed by atoms with E-state index in [0.29, 0.717) is 29.4 Å². The van der Waals surface area contributed by atoms with Gasteiger partial charge < -0.3 is 15.8 Å². The highest BCUT2D eigenvalue weighted by atomic mass is 32.1. The number of hydrogen-bond acceptors (Lipinski definition) is 7. The molecule has 7 heteroatoms. The Morgan fingerprint density at radius 1 is 1.36 bits per heavy atom. The number of thiophene rings is 1. The molecular formula is C21H18N4O2S. The van der Waals surface area contributed by atoms with Crippen molar-refractivity contribution >= 4 is 27.4 Å². The summed E-state index contributed by atoms with van der Waals surface area (Å²) in [4.78, 5) is 12.9. The normalized spacial score (nSPS) is 19.2. The average molecular weight is 390 g/mol. The van der Waals surface area contributed by atoms with Gasteiger partial charge in [-0.1, -0.05) is 12.1 Å². The number of benzene rings is 1. The highest BCUT2D eigenvalue weighted by Gasteiger charge is 2.37. The number of hydrogen-bond donors (Lipinski definition) is 2. The number of nitrogens with two attached hydrogens (primary N) is 1. The van der Waals surface area contributed by atoms with Crippen LogP contribution in [0.5, 0.6) is 0 Å². The number of carbonyl (C=O) groups is 1. The Bertz CT molecular complexity index is 1130. The molecule has 2 aliphatic rings. The molecule has 28 heavy (non-hydrogen) atoms. The molecule has 1 saturated carbocycles. The molecule has 6 nitrogen and oxygen atoms in total. The first-order chi connectivity index (χ1) is 13.5. The van der Waals surface area contributed by atoms with Crippen LogP contribution in [-0.4, -0.2) is 12.6 Å². The van der Waals surface area contributed by atoms with E-state index in [1.54, 1.807) is 19.1 Å². The van der Waals surface area contributed by atoms with Gasteiger partial charge in [0.25, 0.3) is 0 Å². The summed E-state index contributed by atoms with van der Waals surface area (Å²) in [5.41, 5.74) is 8.83. The third-order valence-electron chi connectivity index (χ3n) is 5.14. The molecular weight excluding hydrogens is 372 g/mol. The number of esters is 1. The number of carbonyl (C=O) groups excluding carboxylic acids is 1. The van der Waals surface area contributed by atoms with Gasteiger partial charge in [-0.25, -0.2) is 4.79 Å². The molecule has 0 saturated heterocycles. The maximum atomic E-state index is 12.9. The molecule has 1 aliphatic heterocycles. The van der Waals surface area contributed by atoms with Crippen molar-refractivity contribution in [1.29, 1.82) is 10.5 Å². The number of nitrogens with one attached hydrogen (secondary N) is 1. The maximum absolute atomic E-state index is 12.9. The van der Waals surface area contributed by atoms with Crippen LogP contribution in [0.15, 0.2) is 46.2 Å². The van der Waals surface area contributed by atoms with Crippen LogP contribution in [0.25, 0.3) is 10.1 Å². The predicted molar refractivity (Wildman–Crippen MR) is 106 cm³/mol. The van der Waals surface area contributed by atoms with E-state index in [0.717, 1.165) is 28.5 Å². The van der Waals surface area contributed by atoms with E-state index >= 15 is 0 Å². The van der Waals surface area contributed by atoms with Crippen LogP contribution in [-0.2, 0) is 9.53 Å². The van der Waals surface area contributed by atoms with E-state index in [1.807, 2.05) is 11.4 Å². The largest absolute Gasteiger partial charge is 0.462 e. The van der Waals surface area contributed by atoms with Crippen molar-refractivity contribution in [1.82, 2.24) is 5.32 Å². The lowest BCUT2D eigenvalue weighted by molar-refractivity contribution is -0.139. The fourth-order valence-electron chi connectivity index (χ4n) is 3.48. The molecule has 1 aliphatic carbocycles. The Balaban J connectivity index is 1.84. The molecule has 2 aromatic rings. The van der Waals surface area contributed by atoms with Crippen molar-refractivity contribution in [2.75, 3.05) is 6.61 Å². The molecule has 1 fully saturated rings. The first kappa shape index (κ1) is 18.1. The average Bonchev–Trinajstić information content (AvgIpc) is 3.42. The monoisotopic (exact) mass is 390 g/mol. The van der Waals surface area contributed by atoms with Gasteiger partial charge in [-0.15, -0.1) is 11.3 Å². The predicted octanol–water partition coefficient (Wildman–Crippen LogP) is 3.38. The smallest absolute Gasteiger partial charge is 0.338 e. The van der Waals surface area contributed by atoms with Gasteiger partial charge in [0.05, 0.1) is 40.0 Å². The van der Waals surface area contributed by atoms with Crippen LogP contribution in [0.4, 0.5) is 0 Å². The minimum atomic E-state index is -0.624. The lowest BCUT2D eigenvalue weighted by Crippen LogP contribution is -2.33. The SMILES string of the molecule is CC1=C(C#N)C(c2csc3c(C#N)cccc23)C(C(=O)OCC2CC2)=C(N)N1. The fourth-order valence-corrected chi connectivity index (χ4v) is 4.55. The van der Waals surface area contributed by atoms with E-state index in [-0.39, 0.29) is 11.4 Å². The van der Waals surface area contributed by atoms with Crippen LogP contribution in [0.2, 0.25) is 0 Å². The summed E-state index contributed by atoms with van der Waals surface area (Å²) in [7, 11) is 0. The molecule has 0 amide bonds. The molecule has 0 bridgehead atoms. The molecule has 0 radical (unpaired) electrons. The number of fused-ring (bicyclic) bond motifs is 1. The summed E-state index contributed by atoms with van der Waals surface area (Å²) >= 11 is 1.43. The molecule has 140 valence electrons. The standard InChI is InChI=1S/C21H18N4O2S/c1-11-15(8-23)17(16-10-28-19-13(7-22)3-2-4-14(16)19)18(20(24)25-11)21(26)27-9-12-5-6-12/h2-4,10,12,17,25H,5-6,9,24H2,1H3. The van der Waals surface area contributed by atoms with Crippen molar-refractivity contribution < 1.29 is 9.53 Å². The van der Waals surface area contributed by atoms with Crippen molar-refractivity contribution in [2.24, 2.45) is 11.7 Å². The minimum Gasteiger partial charge on any atom is -0.462 e. The van der Waals surface area contributed by atoms with Crippen LogP contribution in [0, 0.1) is 28.6 Å². The fraction of sp³-hybridized carbons (Fsp3) is 0.286. The molecule has 0 spiro atoms. The lowest BCUT2D eigenvalue weighted by Gasteiger charge is -2.27. The Kier molecular flexibility index (Phi) is 4.54. The van der Waals surface area contributed by atoms with E-state index in [9.17, 15) is 15.3 Å². The lowest BCUT2D eigenvalue weighted by atomic mass is 9.81. The van der Waals surface area contributed by atoms with Crippen molar-refractivity contribution in [3.8, 4) is 12.1 Å². The highest BCUT2D eigenvalue weighted by molar-refractivity contribution is 7.17. The molecule has 1 aromatic heterocycles. The molecule has 3 N–H and O–H groups in total. The zero-order valence-corrected chi connectivity index (χ0v) is 16.1. The van der Waals surface area contributed by atoms with Crippen molar-refractivity contribution in [3.05, 3.63) is 57.4 Å². The van der Waals surface area contributed by atoms with Crippen molar-refractivity contribution in [3.63, 3.8) is 0 Å². The van der Waals surface area contributed by atoms with Crippen molar-refractivity contribution in [2.45, 2.75) is 25.7 Å². The quantitative estimate of drug-likeness (QED) is 0.774. The molecule has 4 rings (SSSR count). The van der Waals surface area contributed by atoms with Crippen LogP contribution in [0.1, 0.15) is 36.8 Å². The summed E-state index contributed by atoms with van der Waals surface area (Å²) in [5, 5.41) is 24.9. The van der Waals surface area contributed by atoms with Crippen LogP contribution in [0.3, 0.4) is 0 Å². The Labute approximate surface area is 166 Å². The highest BCUT2D eigenvalue weighted by Crippen LogP contribution is 2.43. The minimum absolute atomic E-state index is 0.207. The summed E-state index contributed by atoms with van der Waals surface area (Å²) in [6.45, 7) is 2.13. The Hall–Kier alpha value is -3.29. The number of allylic oxidation sites excluding steroid dienone is 2. The van der Waals surface area contributed by atoms with Gasteiger partial charge in [0, 0.05) is 5.70 Å². The third-order valence-corrected chi connectivity index (χ3v) is 6.19. The second-order valence-corrected chi connectivity index (χ2v) is 7.94. The van der Waals surface area contributed by atoms with Gasteiger partial charge in [-0.2, -0.15) is 10.5 Å². The number of dihydropyridines is 1. The maximum Gasteiger partial charge on any atom is 0.338 e. The van der Waals surface area contributed by atoms with Gasteiger partial charge in [0.1, 0.15) is 11.9 Å². The topological polar surface area (TPSA) is 112 Å². The summed E-state index contributed by atoms with van der Waals surface area (Å²) in [6.07, 6.45) is 2.14. The van der Waals surface area contributed by atoms with Gasteiger partial charge in [-0.3, -0.25) is 0 Å². The Morgan fingerprint density at radius 2 is 2.14 bits per heavy atom. The van der Waals surface area contributed by atoms with Gasteiger partial charge >= 0.3 is 5.97 Å². The number of nitriles is 2. The van der Waals surface area contributed by atoms with Gasteiger partial charge in [0.2, 0.25) is 0 Å². The summed E-state index contributed by atoms with van der Waals surface area (Å²) in [5.74, 6) is -0.495. The molecule has 2 heterocycles. The summed E-state index contributed by atoms with van der Waals surface area (Å²) < 4.78 is 6.32. The van der Waals surface area contributed by atoms with E-state index in [4.69, 9.17) is 10.5 Å². The molecule has 1 aromatic carbocycles. The van der Waals surface area contributed by atoms with Crippen LogP contribution < -0.4 is 11.1 Å². The van der Waals surface area contributed by atoms with Gasteiger partial charge in [-0.05, 0) is 48.1 Å². The molecule has 1 atom stereocenters. The zero-order chi connectivity index (χ0) is 19.8. The number of nitrogens with zero attached hydrogens (tertiary/aromatic N) is 2. The second kappa shape index (κ2) is 7.03. The van der Waals surface area contributed by atoms with Gasteiger partial charge in [0.15, 0.2) is 0 Å². The van der Waals surface area contributed by atoms with E-state index in [1.165, 1.54) is 11.3 Å². The van der Waals surface area contributed by atoms with E-state index in [2.05, 4.69) is 17.5 Å². The first-order valence-corrected chi connectivity index (χ1v) is 9.88. The van der Waals surface area contributed by atoms with E-state index < -0.39 is 11.9 Å². The molecule has 1 unspecified atom stereocenters. The zero-order valence-electron chi connectivity index (χ0n) is 15.3. The second-order valence-electron chi connectivity index (χ2n) is 7.06.